The summed E-state index contributed by atoms with van der Waals surface area (Å²) in [5.74, 6) is 1.77. The maximum Gasteiger partial charge on any atom is 0.168 e. The van der Waals surface area contributed by atoms with Crippen LogP contribution in [-0.2, 0) is 0 Å². The fourth-order valence-electron chi connectivity index (χ4n) is 2.51. The standard InChI is InChI=1S/C14H19N5O/c1-3-8-15-10(2)14-16-17-18-19(14)12-9-20-13-7-5-4-6-11(12)13/h4-7,10,12,15H,3,8-9H2,1-2H3. The van der Waals surface area contributed by atoms with Gasteiger partial charge in [0.15, 0.2) is 5.82 Å². The van der Waals surface area contributed by atoms with Gasteiger partial charge in [0.05, 0.1) is 6.04 Å². The molecule has 2 unspecified atom stereocenters. The van der Waals surface area contributed by atoms with Crippen LogP contribution in [0.2, 0.25) is 0 Å². The second kappa shape index (κ2) is 5.58. The van der Waals surface area contributed by atoms with E-state index in [0.717, 1.165) is 30.1 Å². The molecule has 3 rings (SSSR count). The molecule has 2 atom stereocenters. The summed E-state index contributed by atoms with van der Waals surface area (Å²) in [5.41, 5.74) is 1.14. The Kier molecular flexibility index (Phi) is 3.64. The van der Waals surface area contributed by atoms with Crippen LogP contribution in [0.15, 0.2) is 24.3 Å². The summed E-state index contributed by atoms with van der Waals surface area (Å²) < 4.78 is 7.59. The smallest absolute Gasteiger partial charge is 0.168 e. The highest BCUT2D eigenvalue weighted by molar-refractivity contribution is 5.39. The minimum Gasteiger partial charge on any atom is -0.491 e. The second-order valence-electron chi connectivity index (χ2n) is 5.02. The van der Waals surface area contributed by atoms with Gasteiger partial charge in [0, 0.05) is 5.56 Å². The molecule has 1 N–H and O–H groups in total. The lowest BCUT2D eigenvalue weighted by Gasteiger charge is -2.16. The zero-order chi connectivity index (χ0) is 13.9. The van der Waals surface area contributed by atoms with E-state index in [-0.39, 0.29) is 12.1 Å². The summed E-state index contributed by atoms with van der Waals surface area (Å²) >= 11 is 0. The summed E-state index contributed by atoms with van der Waals surface area (Å²) in [6.07, 6.45) is 1.08. The zero-order valence-electron chi connectivity index (χ0n) is 11.8. The number of aromatic nitrogens is 4. The summed E-state index contributed by atoms with van der Waals surface area (Å²) in [6.45, 7) is 5.76. The van der Waals surface area contributed by atoms with Crippen molar-refractivity contribution in [2.24, 2.45) is 0 Å². The Balaban J connectivity index is 1.87. The van der Waals surface area contributed by atoms with Crippen molar-refractivity contribution < 1.29 is 4.74 Å². The fourth-order valence-corrected chi connectivity index (χ4v) is 2.51. The number of ether oxygens (including phenoxy) is 1. The number of hydrogen-bond acceptors (Lipinski definition) is 5. The van der Waals surface area contributed by atoms with E-state index in [1.54, 1.807) is 0 Å². The predicted molar refractivity (Wildman–Crippen MR) is 74.6 cm³/mol. The molecule has 2 heterocycles. The van der Waals surface area contributed by atoms with Crippen LogP contribution in [0.4, 0.5) is 0 Å². The van der Waals surface area contributed by atoms with E-state index < -0.39 is 0 Å². The van der Waals surface area contributed by atoms with Crippen molar-refractivity contribution >= 4 is 0 Å². The van der Waals surface area contributed by atoms with Crippen molar-refractivity contribution in [3.8, 4) is 5.75 Å². The Morgan fingerprint density at radius 3 is 3.15 bits per heavy atom. The molecule has 6 heteroatoms. The first-order valence-electron chi connectivity index (χ1n) is 7.04. The van der Waals surface area contributed by atoms with Crippen LogP contribution in [0.25, 0.3) is 0 Å². The topological polar surface area (TPSA) is 64.9 Å². The van der Waals surface area contributed by atoms with Gasteiger partial charge in [0.1, 0.15) is 18.4 Å². The zero-order valence-corrected chi connectivity index (χ0v) is 11.8. The predicted octanol–water partition coefficient (Wildman–Crippen LogP) is 1.72. The molecule has 106 valence electrons. The second-order valence-corrected chi connectivity index (χ2v) is 5.02. The van der Waals surface area contributed by atoms with E-state index in [1.807, 2.05) is 22.9 Å². The summed E-state index contributed by atoms with van der Waals surface area (Å²) in [5, 5.41) is 15.6. The van der Waals surface area contributed by atoms with Crippen LogP contribution in [0.3, 0.4) is 0 Å². The minimum atomic E-state index is 0.0575. The van der Waals surface area contributed by atoms with E-state index in [0.29, 0.717) is 6.61 Å². The van der Waals surface area contributed by atoms with E-state index in [1.165, 1.54) is 0 Å². The maximum atomic E-state index is 5.71. The van der Waals surface area contributed by atoms with Crippen LogP contribution >= 0.6 is 0 Å². The third-order valence-corrected chi connectivity index (χ3v) is 3.58. The lowest BCUT2D eigenvalue weighted by atomic mass is 10.1. The van der Waals surface area contributed by atoms with Gasteiger partial charge in [-0.1, -0.05) is 25.1 Å². The summed E-state index contributed by atoms with van der Waals surface area (Å²) in [7, 11) is 0. The van der Waals surface area contributed by atoms with Crippen LogP contribution in [0.1, 0.15) is 43.7 Å². The summed E-state index contributed by atoms with van der Waals surface area (Å²) in [6, 6.07) is 8.23. The van der Waals surface area contributed by atoms with Crippen molar-refractivity contribution in [1.82, 2.24) is 25.5 Å². The molecule has 1 aliphatic rings. The van der Waals surface area contributed by atoms with Crippen LogP contribution in [-0.4, -0.2) is 33.4 Å². The molecule has 20 heavy (non-hydrogen) atoms. The first-order chi connectivity index (χ1) is 9.81. The lowest BCUT2D eigenvalue weighted by molar-refractivity contribution is 0.299. The molecule has 0 radical (unpaired) electrons. The first-order valence-corrected chi connectivity index (χ1v) is 7.04. The third-order valence-electron chi connectivity index (χ3n) is 3.58. The molecule has 1 aliphatic heterocycles. The number of benzene rings is 1. The Hall–Kier alpha value is -1.95. The van der Waals surface area contributed by atoms with Crippen molar-refractivity contribution in [1.29, 1.82) is 0 Å². The van der Waals surface area contributed by atoms with Crippen molar-refractivity contribution in [2.75, 3.05) is 13.2 Å². The van der Waals surface area contributed by atoms with Crippen LogP contribution in [0.5, 0.6) is 5.75 Å². The molecular weight excluding hydrogens is 254 g/mol. The number of nitrogens with zero attached hydrogens (tertiary/aromatic N) is 4. The molecule has 0 saturated heterocycles. The van der Waals surface area contributed by atoms with Gasteiger partial charge in [-0.25, -0.2) is 4.68 Å². The van der Waals surface area contributed by atoms with Gasteiger partial charge >= 0.3 is 0 Å². The Morgan fingerprint density at radius 1 is 1.45 bits per heavy atom. The maximum absolute atomic E-state index is 5.71. The third kappa shape index (κ3) is 2.27. The molecule has 0 fully saturated rings. The molecule has 0 spiro atoms. The molecule has 0 saturated carbocycles. The van der Waals surface area contributed by atoms with E-state index in [4.69, 9.17) is 4.74 Å². The molecule has 0 bridgehead atoms. The number of fused-ring (bicyclic) bond motifs is 1. The van der Waals surface area contributed by atoms with Gasteiger partial charge in [0.25, 0.3) is 0 Å². The Bertz CT molecular complexity index is 582. The fraction of sp³-hybridized carbons (Fsp3) is 0.500. The quantitative estimate of drug-likeness (QED) is 0.898. The van der Waals surface area contributed by atoms with Gasteiger partial charge in [-0.3, -0.25) is 0 Å². The minimum absolute atomic E-state index is 0.0575. The number of hydrogen-bond donors (Lipinski definition) is 1. The van der Waals surface area contributed by atoms with Crippen LogP contribution < -0.4 is 10.1 Å². The molecular formula is C14H19N5O. The molecule has 1 aromatic heterocycles. The molecule has 6 nitrogen and oxygen atoms in total. The SMILES string of the molecule is CCCNC(C)c1nnnn1C1COc2ccccc21. The highest BCUT2D eigenvalue weighted by Crippen LogP contribution is 2.34. The number of rotatable bonds is 5. The van der Waals surface area contributed by atoms with E-state index >= 15 is 0 Å². The van der Waals surface area contributed by atoms with Crippen LogP contribution in [0, 0.1) is 0 Å². The Morgan fingerprint density at radius 2 is 2.30 bits per heavy atom. The number of nitrogens with one attached hydrogen (secondary N) is 1. The van der Waals surface area contributed by atoms with Gasteiger partial charge in [0.2, 0.25) is 0 Å². The van der Waals surface area contributed by atoms with Crippen molar-refractivity contribution in [3.63, 3.8) is 0 Å². The van der Waals surface area contributed by atoms with Gasteiger partial charge < -0.3 is 10.1 Å². The highest BCUT2D eigenvalue weighted by atomic mass is 16.5. The largest absolute Gasteiger partial charge is 0.491 e. The lowest BCUT2D eigenvalue weighted by Crippen LogP contribution is -2.25. The van der Waals surface area contributed by atoms with Crippen molar-refractivity contribution in [2.45, 2.75) is 32.4 Å². The van der Waals surface area contributed by atoms with Gasteiger partial charge in [-0.15, -0.1) is 5.10 Å². The Labute approximate surface area is 118 Å². The van der Waals surface area contributed by atoms with Gasteiger partial charge in [-0.05, 0) is 36.4 Å². The average Bonchev–Trinajstić information content (AvgIpc) is 3.10. The van der Waals surface area contributed by atoms with Gasteiger partial charge in [-0.2, -0.15) is 0 Å². The first kappa shape index (κ1) is 13.1. The number of tetrazole rings is 1. The summed E-state index contributed by atoms with van der Waals surface area (Å²) in [4.78, 5) is 0. The molecule has 1 aromatic carbocycles. The van der Waals surface area contributed by atoms with E-state index in [2.05, 4.69) is 40.8 Å². The number of para-hydroxylation sites is 1. The normalized spacial score (nSPS) is 18.6. The molecule has 0 aliphatic carbocycles. The monoisotopic (exact) mass is 273 g/mol. The highest BCUT2D eigenvalue weighted by Gasteiger charge is 2.29. The molecule has 0 amide bonds. The average molecular weight is 273 g/mol. The van der Waals surface area contributed by atoms with E-state index in [9.17, 15) is 0 Å². The molecule has 2 aromatic rings. The van der Waals surface area contributed by atoms with Crippen molar-refractivity contribution in [3.05, 3.63) is 35.7 Å².